The maximum absolute atomic E-state index is 13.6. The zero-order valence-corrected chi connectivity index (χ0v) is 22.0. The Morgan fingerprint density at radius 3 is 2.58 bits per heavy atom. The van der Waals surface area contributed by atoms with E-state index >= 15 is 0 Å². The minimum Gasteiger partial charge on any atom is -0.453 e. The van der Waals surface area contributed by atoms with Gasteiger partial charge >= 0.3 is 0 Å². The van der Waals surface area contributed by atoms with Crippen LogP contribution in [0.1, 0.15) is 29.4 Å². The highest BCUT2D eigenvalue weighted by molar-refractivity contribution is 6.31. The highest BCUT2D eigenvalue weighted by Crippen LogP contribution is 2.29. The van der Waals surface area contributed by atoms with Crippen LogP contribution in [0.3, 0.4) is 0 Å². The zero-order valence-electron chi connectivity index (χ0n) is 21.3. The molecule has 0 atom stereocenters. The molecule has 3 aromatic heterocycles. The topological polar surface area (TPSA) is 65.3 Å². The summed E-state index contributed by atoms with van der Waals surface area (Å²) in [5.74, 6) is 0.755. The van der Waals surface area contributed by atoms with Crippen LogP contribution in [0.25, 0.3) is 39.1 Å². The lowest BCUT2D eigenvalue weighted by Gasteiger charge is -2.10. The molecule has 7 heteroatoms. The van der Waals surface area contributed by atoms with Crippen molar-refractivity contribution in [2.45, 2.75) is 27.2 Å². The summed E-state index contributed by atoms with van der Waals surface area (Å²) in [4.78, 5) is 18.4. The Bertz CT molecular complexity index is 1910. The molecule has 0 spiro atoms. The van der Waals surface area contributed by atoms with Gasteiger partial charge in [-0.25, -0.2) is 4.98 Å². The number of fused-ring (bicyclic) bond motifs is 2. The van der Waals surface area contributed by atoms with Crippen LogP contribution < -0.4 is 5.56 Å². The summed E-state index contributed by atoms with van der Waals surface area (Å²) in [6, 6.07) is 25.1. The van der Waals surface area contributed by atoms with E-state index in [0.717, 1.165) is 34.4 Å². The molecule has 6 rings (SSSR count). The molecule has 6 aromatic rings. The monoisotopic (exact) mass is 520 g/mol. The fourth-order valence-electron chi connectivity index (χ4n) is 4.83. The fourth-order valence-corrected chi connectivity index (χ4v) is 5.01. The molecule has 3 heterocycles. The molecule has 0 fully saturated rings. The van der Waals surface area contributed by atoms with E-state index in [1.54, 1.807) is 24.4 Å². The summed E-state index contributed by atoms with van der Waals surface area (Å²) in [5, 5.41) is 6.55. The van der Waals surface area contributed by atoms with E-state index in [-0.39, 0.29) is 5.56 Å². The molecule has 0 amide bonds. The molecule has 6 nitrogen and oxygen atoms in total. The average molecular weight is 521 g/mol. The number of benzene rings is 3. The van der Waals surface area contributed by atoms with Crippen molar-refractivity contribution in [3.05, 3.63) is 117 Å². The fraction of sp³-hybridized carbons (Fsp3) is 0.129. The third kappa shape index (κ3) is 4.13. The van der Waals surface area contributed by atoms with Gasteiger partial charge < -0.3 is 8.98 Å². The maximum Gasteiger partial charge on any atom is 0.282 e. The van der Waals surface area contributed by atoms with Crippen LogP contribution in [0.5, 0.6) is 0 Å². The first-order valence-corrected chi connectivity index (χ1v) is 12.8. The van der Waals surface area contributed by atoms with Gasteiger partial charge in [0.05, 0.1) is 17.1 Å². The minimum absolute atomic E-state index is 0.274. The lowest BCUT2D eigenvalue weighted by molar-refractivity contribution is 0.616. The summed E-state index contributed by atoms with van der Waals surface area (Å²) in [5.41, 5.74) is 6.34. The number of hydrogen-bond acceptors (Lipinski definition) is 4. The van der Waals surface area contributed by atoms with Gasteiger partial charge in [0.1, 0.15) is 5.58 Å². The summed E-state index contributed by atoms with van der Waals surface area (Å²) < 4.78 is 9.57. The first-order valence-electron chi connectivity index (χ1n) is 12.5. The largest absolute Gasteiger partial charge is 0.453 e. The van der Waals surface area contributed by atoms with Crippen LogP contribution in [0, 0.1) is 13.8 Å². The molecular weight excluding hydrogens is 496 g/mol. The van der Waals surface area contributed by atoms with Crippen LogP contribution in [-0.4, -0.2) is 20.4 Å². The van der Waals surface area contributed by atoms with Gasteiger partial charge in [0, 0.05) is 33.0 Å². The van der Waals surface area contributed by atoms with E-state index in [2.05, 4.69) is 53.8 Å². The Morgan fingerprint density at radius 2 is 1.79 bits per heavy atom. The van der Waals surface area contributed by atoms with Gasteiger partial charge in [-0.05, 0) is 80.4 Å². The molecular formula is C31H25ClN4O2. The summed E-state index contributed by atoms with van der Waals surface area (Å²) in [6.07, 6.45) is 2.71. The molecule has 0 radical (unpaired) electrons. The molecule has 0 saturated heterocycles. The van der Waals surface area contributed by atoms with E-state index < -0.39 is 0 Å². The second-order valence-electron chi connectivity index (χ2n) is 9.29. The highest BCUT2D eigenvalue weighted by Gasteiger charge is 2.17. The lowest BCUT2D eigenvalue weighted by atomic mass is 10.1. The second kappa shape index (κ2) is 9.47. The Balaban J connectivity index is 1.49. The molecule has 0 N–H and O–H groups in total. The van der Waals surface area contributed by atoms with Crippen molar-refractivity contribution in [3.8, 4) is 17.3 Å². The maximum atomic E-state index is 13.6. The van der Waals surface area contributed by atoms with Crippen molar-refractivity contribution < 1.29 is 4.42 Å². The van der Waals surface area contributed by atoms with Crippen molar-refractivity contribution in [1.29, 1.82) is 0 Å². The number of halogens is 1. The van der Waals surface area contributed by atoms with Crippen molar-refractivity contribution in [2.75, 3.05) is 0 Å². The van der Waals surface area contributed by atoms with Gasteiger partial charge in [0.25, 0.3) is 5.56 Å². The number of para-hydroxylation sites is 1. The molecule has 0 aliphatic carbocycles. The normalized spacial score (nSPS) is 11.8. The standard InChI is InChI=1S/C31H25ClN4O2/c1-4-21-9-12-25(13-10-21)35-19(2)15-23(20(35)3)18-33-36-30(34-27-8-6-5-7-26(27)31(36)37)29-17-22-16-24(32)11-14-28(22)38-29/h5-18H,4H2,1-3H3. The molecule has 0 unspecified atom stereocenters. The molecule has 0 aliphatic heterocycles. The number of hydrogen-bond donors (Lipinski definition) is 0. The third-order valence-corrected chi connectivity index (χ3v) is 7.07. The Kier molecular flexibility index (Phi) is 5.97. The van der Waals surface area contributed by atoms with Crippen LogP contribution in [-0.2, 0) is 6.42 Å². The number of aryl methyl sites for hydroxylation is 2. The van der Waals surface area contributed by atoms with E-state index in [0.29, 0.717) is 33.1 Å². The Hall–Kier alpha value is -4.42. The summed E-state index contributed by atoms with van der Waals surface area (Å²) >= 11 is 6.18. The van der Waals surface area contributed by atoms with Gasteiger partial charge in [-0.15, -0.1) is 0 Å². The number of aromatic nitrogens is 3. The van der Waals surface area contributed by atoms with Crippen molar-refractivity contribution in [2.24, 2.45) is 5.10 Å². The molecule has 0 bridgehead atoms. The highest BCUT2D eigenvalue weighted by atomic mass is 35.5. The van der Waals surface area contributed by atoms with Gasteiger partial charge in [0.2, 0.25) is 5.82 Å². The lowest BCUT2D eigenvalue weighted by Crippen LogP contribution is -2.20. The predicted octanol–water partition coefficient (Wildman–Crippen LogP) is 7.32. The Labute approximate surface area is 224 Å². The zero-order chi connectivity index (χ0) is 26.4. The molecule has 0 aliphatic rings. The Morgan fingerprint density at radius 1 is 1.00 bits per heavy atom. The van der Waals surface area contributed by atoms with Crippen LogP contribution in [0.15, 0.2) is 93.2 Å². The van der Waals surface area contributed by atoms with Gasteiger partial charge in [-0.1, -0.05) is 42.8 Å². The first kappa shape index (κ1) is 23.9. The molecule has 3 aromatic carbocycles. The predicted molar refractivity (Wildman–Crippen MR) is 154 cm³/mol. The van der Waals surface area contributed by atoms with Gasteiger partial charge in [0.15, 0.2) is 5.76 Å². The van der Waals surface area contributed by atoms with Crippen LogP contribution >= 0.6 is 11.6 Å². The van der Waals surface area contributed by atoms with Crippen LogP contribution in [0.2, 0.25) is 5.02 Å². The summed E-state index contributed by atoms with van der Waals surface area (Å²) in [6.45, 7) is 6.26. The number of furan rings is 1. The van der Waals surface area contributed by atoms with Crippen LogP contribution in [0.4, 0.5) is 0 Å². The third-order valence-electron chi connectivity index (χ3n) is 6.84. The summed E-state index contributed by atoms with van der Waals surface area (Å²) in [7, 11) is 0. The van der Waals surface area contributed by atoms with E-state index in [1.165, 1.54) is 10.2 Å². The molecule has 0 saturated carbocycles. The van der Waals surface area contributed by atoms with Crippen molar-refractivity contribution >= 4 is 39.7 Å². The van der Waals surface area contributed by atoms with Crippen molar-refractivity contribution in [3.63, 3.8) is 0 Å². The number of rotatable bonds is 5. The van der Waals surface area contributed by atoms with E-state index in [1.807, 2.05) is 37.3 Å². The SMILES string of the molecule is CCc1ccc(-n2c(C)cc(C=Nn3c(-c4cc5cc(Cl)ccc5o4)nc4ccccc4c3=O)c2C)cc1. The smallest absolute Gasteiger partial charge is 0.282 e. The number of nitrogens with zero attached hydrogens (tertiary/aromatic N) is 4. The van der Waals surface area contributed by atoms with E-state index in [4.69, 9.17) is 21.0 Å². The van der Waals surface area contributed by atoms with Gasteiger partial charge in [-0.3, -0.25) is 4.79 Å². The van der Waals surface area contributed by atoms with Gasteiger partial charge in [-0.2, -0.15) is 9.78 Å². The first-order chi connectivity index (χ1) is 18.4. The molecule has 188 valence electrons. The molecule has 38 heavy (non-hydrogen) atoms. The van der Waals surface area contributed by atoms with E-state index in [9.17, 15) is 4.79 Å². The average Bonchev–Trinajstić information content (AvgIpc) is 3.47. The minimum atomic E-state index is -0.274. The second-order valence-corrected chi connectivity index (χ2v) is 9.73. The van der Waals surface area contributed by atoms with Crippen molar-refractivity contribution in [1.82, 2.24) is 14.2 Å². The quantitative estimate of drug-likeness (QED) is 0.224.